The Labute approximate surface area is 213 Å². The van der Waals surface area contributed by atoms with Crippen molar-refractivity contribution in [3.05, 3.63) is 90.0 Å². The number of ether oxygens (including phenoxy) is 1. The lowest BCUT2D eigenvalue weighted by Gasteiger charge is -2.22. The lowest BCUT2D eigenvalue weighted by atomic mass is 9.95. The number of amides is 2. The van der Waals surface area contributed by atoms with Gasteiger partial charge in [0.25, 0.3) is 5.91 Å². The van der Waals surface area contributed by atoms with E-state index in [2.05, 4.69) is 28.1 Å². The first-order valence-corrected chi connectivity index (χ1v) is 12.9. The van der Waals surface area contributed by atoms with Crippen molar-refractivity contribution < 1.29 is 14.3 Å². The van der Waals surface area contributed by atoms with Crippen LogP contribution in [0.4, 0.5) is 11.4 Å². The van der Waals surface area contributed by atoms with Gasteiger partial charge in [-0.15, -0.1) is 0 Å². The summed E-state index contributed by atoms with van der Waals surface area (Å²) in [6.45, 7) is 0.734. The maximum Gasteiger partial charge on any atom is 0.251 e. The fourth-order valence-corrected chi connectivity index (χ4v) is 4.42. The van der Waals surface area contributed by atoms with Crippen molar-refractivity contribution in [1.82, 2.24) is 5.32 Å². The number of anilines is 2. The maximum absolute atomic E-state index is 12.5. The van der Waals surface area contributed by atoms with Gasteiger partial charge in [-0.1, -0.05) is 55.7 Å². The molecule has 0 aromatic heterocycles. The van der Waals surface area contributed by atoms with Gasteiger partial charge in [-0.25, -0.2) is 0 Å². The highest BCUT2D eigenvalue weighted by molar-refractivity contribution is 5.95. The monoisotopic (exact) mass is 485 g/mol. The molecule has 3 aromatic carbocycles. The van der Waals surface area contributed by atoms with E-state index in [1.54, 1.807) is 12.1 Å². The van der Waals surface area contributed by atoms with E-state index in [1.807, 2.05) is 54.6 Å². The fraction of sp³-hybridized carbons (Fsp3) is 0.333. The molecule has 1 aliphatic rings. The van der Waals surface area contributed by atoms with Gasteiger partial charge in [-0.05, 0) is 67.6 Å². The number of hydrogen-bond acceptors (Lipinski definition) is 4. The van der Waals surface area contributed by atoms with Crippen molar-refractivity contribution in [2.45, 2.75) is 51.0 Å². The van der Waals surface area contributed by atoms with Crippen LogP contribution in [0.2, 0.25) is 0 Å². The number of rotatable bonds is 11. The van der Waals surface area contributed by atoms with Gasteiger partial charge in [0, 0.05) is 29.0 Å². The van der Waals surface area contributed by atoms with Crippen molar-refractivity contribution >= 4 is 23.2 Å². The summed E-state index contributed by atoms with van der Waals surface area (Å²) in [5.41, 5.74) is 3.41. The van der Waals surface area contributed by atoms with E-state index >= 15 is 0 Å². The Balaban J connectivity index is 1.18. The number of benzene rings is 3. The number of carbonyl (C=O) groups is 2. The van der Waals surface area contributed by atoms with Gasteiger partial charge in [0.15, 0.2) is 0 Å². The predicted molar refractivity (Wildman–Crippen MR) is 145 cm³/mol. The Kier molecular flexibility index (Phi) is 9.37. The second kappa shape index (κ2) is 13.3. The van der Waals surface area contributed by atoms with E-state index in [9.17, 15) is 9.59 Å². The highest BCUT2D eigenvalue weighted by atomic mass is 16.5. The van der Waals surface area contributed by atoms with Crippen LogP contribution >= 0.6 is 0 Å². The summed E-state index contributed by atoms with van der Waals surface area (Å²) in [5.74, 6) is 0.541. The minimum absolute atomic E-state index is 0.0339. The van der Waals surface area contributed by atoms with E-state index in [-0.39, 0.29) is 24.4 Å². The predicted octanol–water partition coefficient (Wildman–Crippen LogP) is 5.81. The van der Waals surface area contributed by atoms with Gasteiger partial charge >= 0.3 is 0 Å². The fourth-order valence-electron chi connectivity index (χ4n) is 4.42. The highest BCUT2D eigenvalue weighted by Crippen LogP contribution is 2.19. The Bertz CT molecular complexity index is 1110. The van der Waals surface area contributed by atoms with Gasteiger partial charge < -0.3 is 20.7 Å². The first-order chi connectivity index (χ1) is 17.7. The number of carbonyl (C=O) groups excluding carboxylic acids is 2. The molecule has 6 heteroatoms. The van der Waals surface area contributed by atoms with E-state index in [1.165, 1.54) is 24.8 Å². The molecular weight excluding hydrogens is 450 g/mol. The average molecular weight is 486 g/mol. The standard InChI is InChI=1S/C30H35N3O3/c34-29(22-31-25-18-16-24(17-19-25)30(35)33-26-12-5-2-6-13-26)32-27-14-7-15-28(21-27)36-20-8-11-23-9-3-1-4-10-23/h1,3-4,7,9-10,14-19,21,26,31H,2,5-6,8,11-13,20,22H2,(H,32,34)(H,33,35). The van der Waals surface area contributed by atoms with Crippen LogP contribution in [0.25, 0.3) is 0 Å². The third kappa shape index (κ3) is 8.15. The molecule has 3 N–H and O–H groups in total. The summed E-state index contributed by atoms with van der Waals surface area (Å²) in [6, 6.07) is 25.3. The molecule has 3 aromatic rings. The second-order valence-electron chi connectivity index (χ2n) is 9.25. The molecule has 6 nitrogen and oxygen atoms in total. The van der Waals surface area contributed by atoms with Crippen molar-refractivity contribution in [3.63, 3.8) is 0 Å². The van der Waals surface area contributed by atoms with Gasteiger partial charge in [0.2, 0.25) is 5.91 Å². The van der Waals surface area contributed by atoms with Crippen molar-refractivity contribution in [2.75, 3.05) is 23.8 Å². The first kappa shape index (κ1) is 25.3. The zero-order chi connectivity index (χ0) is 25.0. The molecule has 4 rings (SSSR count). The summed E-state index contributed by atoms with van der Waals surface area (Å²) in [6.07, 6.45) is 7.63. The van der Waals surface area contributed by atoms with E-state index < -0.39 is 0 Å². The van der Waals surface area contributed by atoms with E-state index in [4.69, 9.17) is 4.74 Å². The molecule has 0 spiro atoms. The van der Waals surface area contributed by atoms with Gasteiger partial charge in [-0.3, -0.25) is 9.59 Å². The summed E-state index contributed by atoms with van der Waals surface area (Å²) < 4.78 is 5.86. The average Bonchev–Trinajstić information content (AvgIpc) is 2.92. The molecular formula is C30H35N3O3. The van der Waals surface area contributed by atoms with Crippen LogP contribution in [0.3, 0.4) is 0 Å². The number of nitrogens with one attached hydrogen (secondary N) is 3. The lowest BCUT2D eigenvalue weighted by molar-refractivity contribution is -0.114. The quantitative estimate of drug-likeness (QED) is 0.299. The van der Waals surface area contributed by atoms with Crippen molar-refractivity contribution in [2.24, 2.45) is 0 Å². The molecule has 36 heavy (non-hydrogen) atoms. The summed E-state index contributed by atoms with van der Waals surface area (Å²) in [4.78, 5) is 24.9. The minimum Gasteiger partial charge on any atom is -0.494 e. The van der Waals surface area contributed by atoms with Crippen molar-refractivity contribution in [1.29, 1.82) is 0 Å². The molecule has 1 aliphatic carbocycles. The van der Waals surface area contributed by atoms with Crippen LogP contribution in [-0.4, -0.2) is 31.0 Å². The van der Waals surface area contributed by atoms with Crippen LogP contribution in [0, 0.1) is 0 Å². The molecule has 0 saturated heterocycles. The van der Waals surface area contributed by atoms with Gasteiger partial charge in [0.1, 0.15) is 5.75 Å². The highest BCUT2D eigenvalue weighted by Gasteiger charge is 2.16. The molecule has 0 heterocycles. The normalized spacial score (nSPS) is 13.6. The third-order valence-electron chi connectivity index (χ3n) is 6.38. The first-order valence-electron chi connectivity index (χ1n) is 12.9. The SMILES string of the molecule is O=C(CNc1ccc(C(=O)NC2CCCCC2)cc1)Nc1cccc(OCCCc2ccccc2)c1. The Hall–Kier alpha value is -3.80. The van der Waals surface area contributed by atoms with Crippen LogP contribution < -0.4 is 20.7 Å². The zero-order valence-corrected chi connectivity index (χ0v) is 20.7. The molecule has 1 fully saturated rings. The maximum atomic E-state index is 12.5. The number of aryl methyl sites for hydroxylation is 1. The summed E-state index contributed by atoms with van der Waals surface area (Å²) in [7, 11) is 0. The van der Waals surface area contributed by atoms with E-state index in [0.29, 0.717) is 17.9 Å². The van der Waals surface area contributed by atoms with Crippen LogP contribution in [0.15, 0.2) is 78.9 Å². The minimum atomic E-state index is -0.157. The molecule has 188 valence electrons. The van der Waals surface area contributed by atoms with Crippen LogP contribution in [-0.2, 0) is 11.2 Å². The Morgan fingerprint density at radius 3 is 2.39 bits per heavy atom. The molecule has 0 aliphatic heterocycles. The topological polar surface area (TPSA) is 79.5 Å². The third-order valence-corrected chi connectivity index (χ3v) is 6.38. The molecule has 0 atom stereocenters. The molecule has 0 unspecified atom stereocenters. The molecule has 2 amide bonds. The largest absolute Gasteiger partial charge is 0.494 e. The summed E-state index contributed by atoms with van der Waals surface area (Å²) >= 11 is 0. The Morgan fingerprint density at radius 1 is 0.833 bits per heavy atom. The zero-order valence-electron chi connectivity index (χ0n) is 20.7. The summed E-state index contributed by atoms with van der Waals surface area (Å²) in [5, 5.41) is 9.13. The van der Waals surface area contributed by atoms with E-state index in [0.717, 1.165) is 37.1 Å². The Morgan fingerprint density at radius 2 is 1.61 bits per heavy atom. The molecule has 0 radical (unpaired) electrons. The van der Waals surface area contributed by atoms with Gasteiger partial charge in [-0.2, -0.15) is 0 Å². The second-order valence-corrected chi connectivity index (χ2v) is 9.25. The molecule has 1 saturated carbocycles. The van der Waals surface area contributed by atoms with Gasteiger partial charge in [0.05, 0.1) is 13.2 Å². The number of hydrogen-bond donors (Lipinski definition) is 3. The smallest absolute Gasteiger partial charge is 0.251 e. The molecule has 0 bridgehead atoms. The van der Waals surface area contributed by atoms with Crippen LogP contribution in [0.5, 0.6) is 5.75 Å². The van der Waals surface area contributed by atoms with Crippen molar-refractivity contribution in [3.8, 4) is 5.75 Å². The van der Waals surface area contributed by atoms with Crippen LogP contribution in [0.1, 0.15) is 54.4 Å². The lowest BCUT2D eigenvalue weighted by Crippen LogP contribution is -2.36.